The van der Waals surface area contributed by atoms with Crippen LogP contribution in [-0.4, -0.2) is 33.4 Å². The van der Waals surface area contributed by atoms with Gasteiger partial charge >= 0.3 is 0 Å². The maximum absolute atomic E-state index is 11.8. The maximum atomic E-state index is 11.8. The van der Waals surface area contributed by atoms with Crippen molar-refractivity contribution in [2.24, 2.45) is 0 Å². The van der Waals surface area contributed by atoms with Crippen LogP contribution in [-0.2, 0) is 23.0 Å². The molecule has 0 amide bonds. The summed E-state index contributed by atoms with van der Waals surface area (Å²) in [7, 11) is -3.22. The zero-order valence-electron chi connectivity index (χ0n) is 17.6. The standard InChI is InChI=1S/C24H30N2O3S/c1-19(2)30(27,28)26-13-12-20-8-9-23-17-24(11-10-22(23)16-20)29-15-14-25-18-21-6-4-3-5-7-21/h3-11,16-17,19,25-26H,12-15,18H2,1-2H3. The molecule has 3 aromatic rings. The van der Waals surface area contributed by atoms with E-state index >= 15 is 0 Å². The molecule has 5 nitrogen and oxygen atoms in total. The molecule has 0 aliphatic carbocycles. The summed E-state index contributed by atoms with van der Waals surface area (Å²) < 4.78 is 32.2. The number of hydrogen-bond donors (Lipinski definition) is 2. The highest BCUT2D eigenvalue weighted by Gasteiger charge is 2.14. The summed E-state index contributed by atoms with van der Waals surface area (Å²) in [6.07, 6.45) is 0.660. The van der Waals surface area contributed by atoms with Crippen LogP contribution >= 0.6 is 0 Å². The Balaban J connectivity index is 1.47. The minimum Gasteiger partial charge on any atom is -0.492 e. The predicted octanol–water partition coefficient (Wildman–Crippen LogP) is 3.88. The van der Waals surface area contributed by atoms with E-state index in [1.54, 1.807) is 13.8 Å². The number of sulfonamides is 1. The second-order valence-electron chi connectivity index (χ2n) is 7.59. The Morgan fingerprint density at radius 2 is 1.60 bits per heavy atom. The van der Waals surface area contributed by atoms with E-state index in [1.165, 1.54) is 5.56 Å². The Labute approximate surface area is 179 Å². The van der Waals surface area contributed by atoms with Gasteiger partial charge in [0.25, 0.3) is 0 Å². The molecule has 0 aromatic heterocycles. The summed E-state index contributed by atoms with van der Waals surface area (Å²) in [6, 6.07) is 22.6. The highest BCUT2D eigenvalue weighted by Crippen LogP contribution is 2.22. The summed E-state index contributed by atoms with van der Waals surface area (Å²) >= 11 is 0. The number of rotatable bonds is 11. The van der Waals surface area contributed by atoms with Crippen molar-refractivity contribution in [2.75, 3.05) is 19.7 Å². The lowest BCUT2D eigenvalue weighted by Crippen LogP contribution is -2.32. The molecule has 6 heteroatoms. The SMILES string of the molecule is CC(C)S(=O)(=O)NCCc1ccc2cc(OCCNCc3ccccc3)ccc2c1. The Morgan fingerprint density at radius 1 is 0.867 bits per heavy atom. The largest absolute Gasteiger partial charge is 0.492 e. The van der Waals surface area contributed by atoms with Gasteiger partial charge in [0, 0.05) is 19.6 Å². The van der Waals surface area contributed by atoms with Crippen LogP contribution in [0, 0.1) is 0 Å². The van der Waals surface area contributed by atoms with Crippen LogP contribution in [0.15, 0.2) is 66.7 Å². The second kappa shape index (κ2) is 10.6. The van der Waals surface area contributed by atoms with Gasteiger partial charge in [-0.1, -0.05) is 54.6 Å². The lowest BCUT2D eigenvalue weighted by atomic mass is 10.0. The molecule has 0 saturated carbocycles. The summed E-state index contributed by atoms with van der Waals surface area (Å²) in [5, 5.41) is 5.19. The quantitative estimate of drug-likeness (QED) is 0.457. The van der Waals surface area contributed by atoms with Crippen LogP contribution in [0.4, 0.5) is 0 Å². The summed E-state index contributed by atoms with van der Waals surface area (Å²) in [4.78, 5) is 0. The Kier molecular flexibility index (Phi) is 7.85. The van der Waals surface area contributed by atoms with Crippen LogP contribution in [0.25, 0.3) is 10.8 Å². The van der Waals surface area contributed by atoms with Crippen molar-refractivity contribution in [2.45, 2.75) is 32.1 Å². The van der Waals surface area contributed by atoms with Gasteiger partial charge < -0.3 is 10.1 Å². The van der Waals surface area contributed by atoms with Gasteiger partial charge in [0.2, 0.25) is 10.0 Å². The molecule has 2 N–H and O–H groups in total. The van der Waals surface area contributed by atoms with E-state index in [2.05, 4.69) is 34.3 Å². The fourth-order valence-electron chi connectivity index (χ4n) is 3.09. The first-order valence-corrected chi connectivity index (χ1v) is 11.9. The van der Waals surface area contributed by atoms with Crippen LogP contribution < -0.4 is 14.8 Å². The van der Waals surface area contributed by atoms with Gasteiger partial charge in [0.1, 0.15) is 12.4 Å². The number of hydrogen-bond acceptors (Lipinski definition) is 4. The van der Waals surface area contributed by atoms with Crippen LogP contribution in [0.2, 0.25) is 0 Å². The number of ether oxygens (including phenoxy) is 1. The Morgan fingerprint density at radius 3 is 2.37 bits per heavy atom. The normalized spacial score (nSPS) is 11.8. The zero-order valence-corrected chi connectivity index (χ0v) is 18.4. The third kappa shape index (κ3) is 6.55. The topological polar surface area (TPSA) is 67.4 Å². The second-order valence-corrected chi connectivity index (χ2v) is 9.91. The first-order chi connectivity index (χ1) is 14.4. The van der Waals surface area contributed by atoms with Crippen LogP contribution in [0.1, 0.15) is 25.0 Å². The molecule has 3 rings (SSSR count). The minimum absolute atomic E-state index is 0.406. The van der Waals surface area contributed by atoms with Gasteiger partial charge in [-0.05, 0) is 54.3 Å². The van der Waals surface area contributed by atoms with E-state index in [0.29, 0.717) is 19.6 Å². The average molecular weight is 427 g/mol. The van der Waals surface area contributed by atoms with E-state index in [4.69, 9.17) is 4.74 Å². The predicted molar refractivity (Wildman–Crippen MR) is 123 cm³/mol. The van der Waals surface area contributed by atoms with Crippen molar-refractivity contribution in [1.82, 2.24) is 10.0 Å². The number of nitrogens with one attached hydrogen (secondary N) is 2. The van der Waals surface area contributed by atoms with Crippen molar-refractivity contribution in [1.29, 1.82) is 0 Å². The molecule has 0 atom stereocenters. The first-order valence-electron chi connectivity index (χ1n) is 10.3. The molecule has 0 unspecified atom stereocenters. The molecule has 0 aliphatic rings. The molecule has 3 aromatic carbocycles. The van der Waals surface area contributed by atoms with Gasteiger partial charge in [-0.15, -0.1) is 0 Å². The molecule has 0 fully saturated rings. The lowest BCUT2D eigenvalue weighted by Gasteiger charge is -2.11. The summed E-state index contributed by atoms with van der Waals surface area (Å²) in [5.41, 5.74) is 2.36. The van der Waals surface area contributed by atoms with Crippen molar-refractivity contribution >= 4 is 20.8 Å². The van der Waals surface area contributed by atoms with Crippen molar-refractivity contribution in [3.05, 3.63) is 77.9 Å². The lowest BCUT2D eigenvalue weighted by molar-refractivity contribution is 0.314. The fraction of sp³-hybridized carbons (Fsp3) is 0.333. The van der Waals surface area contributed by atoms with Gasteiger partial charge in [-0.2, -0.15) is 0 Å². The van der Waals surface area contributed by atoms with E-state index in [1.807, 2.05) is 42.5 Å². The molecule has 160 valence electrons. The van der Waals surface area contributed by atoms with Gasteiger partial charge in [-0.25, -0.2) is 13.1 Å². The monoisotopic (exact) mass is 426 g/mol. The van der Waals surface area contributed by atoms with Crippen LogP contribution in [0.5, 0.6) is 5.75 Å². The maximum Gasteiger partial charge on any atom is 0.213 e. The molecule has 0 bridgehead atoms. The van der Waals surface area contributed by atoms with Crippen molar-refractivity contribution in [3.8, 4) is 5.75 Å². The first kappa shape index (κ1) is 22.3. The van der Waals surface area contributed by atoms with Crippen molar-refractivity contribution < 1.29 is 13.2 Å². The molecule has 0 spiro atoms. The van der Waals surface area contributed by atoms with E-state index in [9.17, 15) is 8.42 Å². The van der Waals surface area contributed by atoms with Crippen molar-refractivity contribution in [3.63, 3.8) is 0 Å². The molecule has 0 heterocycles. The molecule has 30 heavy (non-hydrogen) atoms. The smallest absolute Gasteiger partial charge is 0.213 e. The van der Waals surface area contributed by atoms with Crippen LogP contribution in [0.3, 0.4) is 0 Å². The molecule has 0 aliphatic heterocycles. The third-order valence-corrected chi connectivity index (χ3v) is 6.78. The molecular formula is C24H30N2O3S. The minimum atomic E-state index is -3.22. The highest BCUT2D eigenvalue weighted by atomic mass is 32.2. The Bertz CT molecular complexity index is 1050. The highest BCUT2D eigenvalue weighted by molar-refractivity contribution is 7.90. The van der Waals surface area contributed by atoms with E-state index in [-0.39, 0.29) is 0 Å². The molecule has 0 radical (unpaired) electrons. The number of fused-ring (bicyclic) bond motifs is 1. The summed E-state index contributed by atoms with van der Waals surface area (Å²) in [5.74, 6) is 0.849. The summed E-state index contributed by atoms with van der Waals surface area (Å²) in [6.45, 7) is 5.97. The van der Waals surface area contributed by atoms with Gasteiger partial charge in [-0.3, -0.25) is 0 Å². The molecule has 0 saturated heterocycles. The van der Waals surface area contributed by atoms with E-state index < -0.39 is 15.3 Å². The Hall–Kier alpha value is -2.41. The fourth-order valence-corrected chi connectivity index (χ4v) is 3.81. The van der Waals surface area contributed by atoms with Gasteiger partial charge in [0.05, 0.1) is 5.25 Å². The van der Waals surface area contributed by atoms with E-state index in [0.717, 1.165) is 35.2 Å². The number of benzene rings is 3. The zero-order chi connectivity index (χ0) is 21.4. The average Bonchev–Trinajstić information content (AvgIpc) is 2.74. The third-order valence-electron chi connectivity index (χ3n) is 4.93. The van der Waals surface area contributed by atoms with Gasteiger partial charge in [0.15, 0.2) is 0 Å². The molecular weight excluding hydrogens is 396 g/mol.